The number of amides is 2. The van der Waals surface area contributed by atoms with Crippen LogP contribution in [0.1, 0.15) is 46.1 Å². The van der Waals surface area contributed by atoms with Crippen molar-refractivity contribution in [2.24, 2.45) is 0 Å². The molecule has 2 amide bonds. The van der Waals surface area contributed by atoms with E-state index in [4.69, 9.17) is 16.3 Å². The van der Waals surface area contributed by atoms with E-state index in [0.29, 0.717) is 29.4 Å². The Morgan fingerprint density at radius 2 is 1.55 bits per heavy atom. The monoisotopic (exact) mass is 617 g/mol. The fourth-order valence-electron chi connectivity index (χ4n) is 4.28. The molecule has 0 bridgehead atoms. The fraction of sp³-hybridized carbons (Fsp3) is 0.355. The molecule has 3 rings (SSSR count). The molecule has 0 aliphatic rings. The van der Waals surface area contributed by atoms with E-state index < -0.39 is 34.3 Å². The van der Waals surface area contributed by atoms with Crippen molar-refractivity contribution >= 4 is 39.1 Å². The minimum absolute atomic E-state index is 0.0242. The summed E-state index contributed by atoms with van der Waals surface area (Å²) in [5.74, 6) is -0.844. The topological polar surface area (TPSA) is 96.0 Å². The Bertz CT molecular complexity index is 1430. The number of rotatable bonds is 14. The molecule has 0 spiro atoms. The van der Waals surface area contributed by atoms with E-state index in [1.54, 1.807) is 31.2 Å². The van der Waals surface area contributed by atoms with Gasteiger partial charge in [-0.05, 0) is 92.9 Å². The van der Waals surface area contributed by atoms with Crippen molar-refractivity contribution in [2.45, 2.75) is 64.1 Å². The van der Waals surface area contributed by atoms with Crippen LogP contribution in [0, 0.1) is 5.82 Å². The SMILES string of the molecule is CCOc1ccc(N(CC(=O)N(Cc2ccc(F)cc2)[C@@H](CC)C(=O)N[C@H](C)CC)S(=O)(=O)c2ccc(Cl)cc2)cc1. The number of nitrogens with zero attached hydrogens (tertiary/aromatic N) is 2. The highest BCUT2D eigenvalue weighted by atomic mass is 35.5. The van der Waals surface area contributed by atoms with Gasteiger partial charge < -0.3 is 15.0 Å². The van der Waals surface area contributed by atoms with E-state index in [2.05, 4.69) is 5.32 Å². The van der Waals surface area contributed by atoms with Crippen LogP contribution in [0.2, 0.25) is 5.02 Å². The Labute approximate surface area is 252 Å². The molecule has 3 aromatic carbocycles. The summed E-state index contributed by atoms with van der Waals surface area (Å²) in [5, 5.41) is 3.29. The molecule has 11 heteroatoms. The van der Waals surface area contributed by atoms with Crippen LogP contribution in [0.25, 0.3) is 0 Å². The van der Waals surface area contributed by atoms with Crippen molar-refractivity contribution in [3.8, 4) is 5.75 Å². The number of nitrogens with one attached hydrogen (secondary N) is 1. The summed E-state index contributed by atoms with van der Waals surface area (Å²) >= 11 is 6.00. The van der Waals surface area contributed by atoms with Gasteiger partial charge in [-0.25, -0.2) is 12.8 Å². The van der Waals surface area contributed by atoms with E-state index in [1.807, 2.05) is 20.8 Å². The molecule has 2 atom stereocenters. The highest BCUT2D eigenvalue weighted by molar-refractivity contribution is 7.92. The second kappa shape index (κ2) is 15.0. The number of carbonyl (C=O) groups is 2. The van der Waals surface area contributed by atoms with Gasteiger partial charge in [0.15, 0.2) is 0 Å². The van der Waals surface area contributed by atoms with Gasteiger partial charge in [0.2, 0.25) is 11.8 Å². The average Bonchev–Trinajstić information content (AvgIpc) is 2.97. The van der Waals surface area contributed by atoms with Crippen molar-refractivity contribution in [1.82, 2.24) is 10.2 Å². The largest absolute Gasteiger partial charge is 0.494 e. The first-order valence-electron chi connectivity index (χ1n) is 13.9. The number of benzene rings is 3. The zero-order chi connectivity index (χ0) is 30.9. The van der Waals surface area contributed by atoms with E-state index in [1.165, 1.54) is 53.4 Å². The van der Waals surface area contributed by atoms with Crippen LogP contribution in [0.5, 0.6) is 5.75 Å². The Balaban J connectivity index is 2.05. The Morgan fingerprint density at radius 3 is 2.10 bits per heavy atom. The predicted octanol–water partition coefficient (Wildman–Crippen LogP) is 5.80. The van der Waals surface area contributed by atoms with Gasteiger partial charge >= 0.3 is 0 Å². The Kier molecular flexibility index (Phi) is 11.8. The van der Waals surface area contributed by atoms with Crippen molar-refractivity contribution in [3.63, 3.8) is 0 Å². The first-order chi connectivity index (χ1) is 20.0. The lowest BCUT2D eigenvalue weighted by atomic mass is 10.1. The van der Waals surface area contributed by atoms with Crippen LogP contribution in [0.3, 0.4) is 0 Å². The zero-order valence-corrected chi connectivity index (χ0v) is 25.8. The number of sulfonamides is 1. The third-order valence-electron chi connectivity index (χ3n) is 6.77. The minimum Gasteiger partial charge on any atom is -0.494 e. The van der Waals surface area contributed by atoms with Gasteiger partial charge in [-0.3, -0.25) is 13.9 Å². The van der Waals surface area contributed by atoms with Crippen molar-refractivity contribution in [3.05, 3.63) is 89.2 Å². The predicted molar refractivity (Wildman–Crippen MR) is 163 cm³/mol. The maximum Gasteiger partial charge on any atom is 0.264 e. The van der Waals surface area contributed by atoms with E-state index in [9.17, 15) is 22.4 Å². The number of hydrogen-bond acceptors (Lipinski definition) is 5. The van der Waals surface area contributed by atoms with E-state index in [0.717, 1.165) is 4.31 Å². The molecular weight excluding hydrogens is 581 g/mol. The number of anilines is 1. The lowest BCUT2D eigenvalue weighted by molar-refractivity contribution is -0.140. The summed E-state index contributed by atoms with van der Waals surface area (Å²) in [6.07, 6.45) is 0.973. The molecular formula is C31H37ClFN3O5S. The zero-order valence-electron chi connectivity index (χ0n) is 24.2. The van der Waals surface area contributed by atoms with Gasteiger partial charge in [0.25, 0.3) is 10.0 Å². The molecule has 0 aromatic heterocycles. The summed E-state index contributed by atoms with van der Waals surface area (Å²) in [6, 6.07) is 16.6. The molecule has 0 saturated carbocycles. The van der Waals surface area contributed by atoms with Crippen LogP contribution in [-0.2, 0) is 26.2 Å². The molecule has 0 saturated heterocycles. The molecule has 0 fully saturated rings. The smallest absolute Gasteiger partial charge is 0.264 e. The molecule has 1 N–H and O–H groups in total. The van der Waals surface area contributed by atoms with Crippen LogP contribution >= 0.6 is 11.6 Å². The fourth-order valence-corrected chi connectivity index (χ4v) is 5.83. The van der Waals surface area contributed by atoms with Crippen LogP contribution in [0.4, 0.5) is 10.1 Å². The third-order valence-corrected chi connectivity index (χ3v) is 8.81. The van der Waals surface area contributed by atoms with Crippen molar-refractivity contribution in [2.75, 3.05) is 17.5 Å². The highest BCUT2D eigenvalue weighted by Crippen LogP contribution is 2.27. The third kappa shape index (κ3) is 8.45. The average molecular weight is 618 g/mol. The van der Waals surface area contributed by atoms with E-state index in [-0.39, 0.29) is 35.5 Å². The molecule has 8 nitrogen and oxygen atoms in total. The van der Waals surface area contributed by atoms with Crippen LogP contribution in [-0.4, -0.2) is 50.4 Å². The van der Waals surface area contributed by atoms with Gasteiger partial charge in [-0.1, -0.05) is 37.6 Å². The maximum atomic E-state index is 14.1. The number of halogens is 2. The van der Waals surface area contributed by atoms with Gasteiger partial charge in [-0.2, -0.15) is 0 Å². The minimum atomic E-state index is -4.24. The number of carbonyl (C=O) groups excluding carboxylic acids is 2. The van der Waals surface area contributed by atoms with Gasteiger partial charge in [-0.15, -0.1) is 0 Å². The molecule has 0 unspecified atom stereocenters. The summed E-state index contributed by atoms with van der Waals surface area (Å²) in [7, 11) is -4.24. The van der Waals surface area contributed by atoms with E-state index >= 15 is 0 Å². The first-order valence-corrected chi connectivity index (χ1v) is 15.7. The lowest BCUT2D eigenvalue weighted by Gasteiger charge is -2.33. The highest BCUT2D eigenvalue weighted by Gasteiger charge is 2.34. The summed E-state index contributed by atoms with van der Waals surface area (Å²) < 4.78 is 48.0. The quantitative estimate of drug-likeness (QED) is 0.247. The normalized spacial score (nSPS) is 12.7. The Hall–Kier alpha value is -3.63. The summed E-state index contributed by atoms with van der Waals surface area (Å²) in [6.45, 7) is 7.23. The lowest BCUT2D eigenvalue weighted by Crippen LogP contribution is -2.53. The molecule has 42 heavy (non-hydrogen) atoms. The molecule has 226 valence electrons. The molecule has 0 radical (unpaired) electrons. The van der Waals surface area contributed by atoms with Crippen LogP contribution < -0.4 is 14.4 Å². The van der Waals surface area contributed by atoms with Gasteiger partial charge in [0, 0.05) is 17.6 Å². The van der Waals surface area contributed by atoms with Crippen molar-refractivity contribution < 1.29 is 27.1 Å². The van der Waals surface area contributed by atoms with Gasteiger partial charge in [0.1, 0.15) is 24.2 Å². The molecule has 3 aromatic rings. The standard InChI is InChI=1S/C31H37ClFN3O5S/c1-5-22(4)34-31(38)29(6-2)35(20-23-8-12-25(33)13-9-23)30(37)21-36(26-14-16-27(17-15-26)41-7-3)42(39,40)28-18-10-24(32)11-19-28/h8-19,22,29H,5-7,20-21H2,1-4H3,(H,34,38)/t22-,29+/m1/s1. The molecule has 0 heterocycles. The summed E-state index contributed by atoms with van der Waals surface area (Å²) in [4.78, 5) is 28.7. The van der Waals surface area contributed by atoms with Gasteiger partial charge in [0.05, 0.1) is 17.2 Å². The second-order valence-corrected chi connectivity index (χ2v) is 12.1. The van der Waals surface area contributed by atoms with Crippen LogP contribution in [0.15, 0.2) is 77.7 Å². The Morgan fingerprint density at radius 1 is 0.929 bits per heavy atom. The first kappa shape index (κ1) is 32.9. The molecule has 0 aliphatic carbocycles. The van der Waals surface area contributed by atoms with Crippen molar-refractivity contribution in [1.29, 1.82) is 0 Å². The number of hydrogen-bond donors (Lipinski definition) is 1. The number of ether oxygens (including phenoxy) is 1. The second-order valence-electron chi connectivity index (χ2n) is 9.78. The summed E-state index contributed by atoms with van der Waals surface area (Å²) in [5.41, 5.74) is 0.827. The molecule has 0 aliphatic heterocycles. The maximum absolute atomic E-state index is 14.1.